The fourth-order valence-electron chi connectivity index (χ4n) is 4.47. The van der Waals surface area contributed by atoms with Crippen molar-refractivity contribution >= 4 is 0 Å². The summed E-state index contributed by atoms with van der Waals surface area (Å²) in [6, 6.07) is 0. The summed E-state index contributed by atoms with van der Waals surface area (Å²) in [6.45, 7) is 0. The predicted molar refractivity (Wildman–Crippen MR) is 53.7 cm³/mol. The maximum Gasteiger partial charge on any atom is 0.0832 e. The van der Waals surface area contributed by atoms with Crippen LogP contribution < -0.4 is 0 Å². The summed E-state index contributed by atoms with van der Waals surface area (Å²) >= 11 is 0. The molecule has 3 aliphatic carbocycles. The molecule has 2 N–H and O–H groups in total. The van der Waals surface area contributed by atoms with E-state index in [9.17, 15) is 10.2 Å². The smallest absolute Gasteiger partial charge is 0.0832 e. The molecule has 0 saturated heterocycles. The van der Waals surface area contributed by atoms with E-state index in [1.54, 1.807) is 0 Å². The highest BCUT2D eigenvalue weighted by atomic mass is 16.3. The third kappa shape index (κ3) is 1.10. The van der Waals surface area contributed by atoms with Gasteiger partial charge in [-0.1, -0.05) is 25.7 Å². The Morgan fingerprint density at radius 3 is 1.71 bits per heavy atom. The van der Waals surface area contributed by atoms with E-state index in [0.717, 1.165) is 18.8 Å². The molecule has 3 aliphatic rings. The van der Waals surface area contributed by atoms with Crippen molar-refractivity contribution in [1.82, 2.24) is 0 Å². The Labute approximate surface area is 85.3 Å². The molecule has 0 heterocycles. The number of aliphatic hydroxyl groups excluding tert-OH is 2. The van der Waals surface area contributed by atoms with Crippen LogP contribution in [0.25, 0.3) is 0 Å². The molecule has 0 bridgehead atoms. The van der Waals surface area contributed by atoms with Crippen LogP contribution >= 0.6 is 0 Å². The Balaban J connectivity index is 1.90. The van der Waals surface area contributed by atoms with Gasteiger partial charge < -0.3 is 10.2 Å². The second-order valence-electron chi connectivity index (χ2n) is 5.51. The molecule has 0 radical (unpaired) electrons. The van der Waals surface area contributed by atoms with Crippen LogP contribution in [0.2, 0.25) is 0 Å². The summed E-state index contributed by atoms with van der Waals surface area (Å²) < 4.78 is 0. The van der Waals surface area contributed by atoms with E-state index >= 15 is 0 Å². The Morgan fingerprint density at radius 1 is 0.714 bits per heavy atom. The third-order valence-corrected chi connectivity index (χ3v) is 4.99. The van der Waals surface area contributed by atoms with Gasteiger partial charge >= 0.3 is 0 Å². The van der Waals surface area contributed by atoms with Gasteiger partial charge in [0.2, 0.25) is 0 Å². The third-order valence-electron chi connectivity index (χ3n) is 4.99. The largest absolute Gasteiger partial charge is 0.390 e. The predicted octanol–water partition coefficient (Wildman–Crippen LogP) is 1.55. The highest BCUT2D eigenvalue weighted by molar-refractivity contribution is 5.03. The molecule has 3 rings (SSSR count). The van der Waals surface area contributed by atoms with E-state index in [1.165, 1.54) is 25.7 Å². The van der Waals surface area contributed by atoms with E-state index in [-0.39, 0.29) is 0 Å². The molecular weight excluding hydrogens is 176 g/mol. The molecule has 0 spiro atoms. The van der Waals surface area contributed by atoms with Gasteiger partial charge in [0, 0.05) is 0 Å². The summed E-state index contributed by atoms with van der Waals surface area (Å²) in [5.74, 6) is 2.32. The Morgan fingerprint density at radius 2 is 1.21 bits per heavy atom. The number of aliphatic hydroxyl groups is 2. The highest BCUT2D eigenvalue weighted by Gasteiger charge is 2.53. The molecular formula is C12H20O2. The zero-order chi connectivity index (χ0) is 9.71. The molecule has 3 saturated carbocycles. The highest BCUT2D eigenvalue weighted by Crippen LogP contribution is 2.54. The number of hydrogen-bond acceptors (Lipinski definition) is 2. The molecule has 0 aromatic carbocycles. The van der Waals surface area contributed by atoms with E-state index in [4.69, 9.17) is 0 Å². The van der Waals surface area contributed by atoms with Gasteiger partial charge in [-0.15, -0.1) is 0 Å². The molecule has 0 amide bonds. The Kier molecular flexibility index (Phi) is 2.10. The molecule has 6 atom stereocenters. The average Bonchev–Trinajstić information content (AvgIpc) is 2.47. The quantitative estimate of drug-likeness (QED) is 0.617. The monoisotopic (exact) mass is 196 g/mol. The van der Waals surface area contributed by atoms with Crippen LogP contribution in [0.5, 0.6) is 0 Å². The van der Waals surface area contributed by atoms with Crippen molar-refractivity contribution in [3.05, 3.63) is 0 Å². The lowest BCUT2D eigenvalue weighted by Gasteiger charge is -2.40. The molecule has 2 heteroatoms. The fraction of sp³-hybridized carbons (Fsp3) is 1.00. The van der Waals surface area contributed by atoms with Crippen LogP contribution in [0.15, 0.2) is 0 Å². The minimum atomic E-state index is -0.411. The van der Waals surface area contributed by atoms with Crippen molar-refractivity contribution in [3.63, 3.8) is 0 Å². The standard InChI is InChI=1S/C12H20O2/c13-11-8-5-1-3-7-4-2-6-9(10(7)8)12(11)14/h7-14H,1-6H2/t7?,8-,9+,10?,11-,12-/m0/s1. The summed E-state index contributed by atoms with van der Waals surface area (Å²) in [5.41, 5.74) is 0. The normalized spacial score (nSPS) is 57.0. The van der Waals surface area contributed by atoms with Crippen molar-refractivity contribution < 1.29 is 10.2 Å². The summed E-state index contributed by atoms with van der Waals surface area (Å²) in [7, 11) is 0. The van der Waals surface area contributed by atoms with E-state index in [2.05, 4.69) is 0 Å². The van der Waals surface area contributed by atoms with Crippen molar-refractivity contribution in [2.24, 2.45) is 23.7 Å². The second kappa shape index (κ2) is 3.21. The fourth-order valence-corrected chi connectivity index (χ4v) is 4.47. The van der Waals surface area contributed by atoms with Gasteiger partial charge in [-0.2, -0.15) is 0 Å². The van der Waals surface area contributed by atoms with E-state index in [1.807, 2.05) is 0 Å². The van der Waals surface area contributed by atoms with Crippen molar-refractivity contribution in [2.75, 3.05) is 0 Å². The molecule has 80 valence electrons. The van der Waals surface area contributed by atoms with Crippen LogP contribution in [0.3, 0.4) is 0 Å². The molecule has 2 nitrogen and oxygen atoms in total. The van der Waals surface area contributed by atoms with Gasteiger partial charge in [-0.25, -0.2) is 0 Å². The molecule has 0 aliphatic heterocycles. The van der Waals surface area contributed by atoms with Gasteiger partial charge in [0.25, 0.3) is 0 Å². The van der Waals surface area contributed by atoms with Gasteiger partial charge in [-0.3, -0.25) is 0 Å². The first-order chi connectivity index (χ1) is 6.79. The summed E-state index contributed by atoms with van der Waals surface area (Å²) in [6.07, 6.45) is 6.70. The lowest BCUT2D eigenvalue weighted by molar-refractivity contribution is 0.00126. The van der Waals surface area contributed by atoms with Gasteiger partial charge in [-0.05, 0) is 36.5 Å². The Bertz CT molecular complexity index is 206. The van der Waals surface area contributed by atoms with E-state index < -0.39 is 12.2 Å². The van der Waals surface area contributed by atoms with Crippen LogP contribution in [-0.4, -0.2) is 22.4 Å². The zero-order valence-corrected chi connectivity index (χ0v) is 8.60. The maximum atomic E-state index is 9.99. The molecule has 14 heavy (non-hydrogen) atoms. The summed E-state index contributed by atoms with van der Waals surface area (Å²) in [4.78, 5) is 0. The maximum absolute atomic E-state index is 9.99. The van der Waals surface area contributed by atoms with Crippen LogP contribution in [0.4, 0.5) is 0 Å². The van der Waals surface area contributed by atoms with Gasteiger partial charge in [0.1, 0.15) is 0 Å². The lowest BCUT2D eigenvalue weighted by Crippen LogP contribution is -2.34. The van der Waals surface area contributed by atoms with Gasteiger partial charge in [0.15, 0.2) is 0 Å². The Hall–Kier alpha value is -0.0800. The number of rotatable bonds is 0. The molecule has 2 unspecified atom stereocenters. The lowest BCUT2D eigenvalue weighted by atomic mass is 9.64. The van der Waals surface area contributed by atoms with Crippen LogP contribution in [0, 0.1) is 23.7 Å². The molecule has 0 aromatic rings. The average molecular weight is 196 g/mol. The first-order valence-corrected chi connectivity index (χ1v) is 6.15. The van der Waals surface area contributed by atoms with E-state index in [0.29, 0.717) is 17.8 Å². The second-order valence-corrected chi connectivity index (χ2v) is 5.51. The minimum Gasteiger partial charge on any atom is -0.390 e. The first kappa shape index (κ1) is 9.17. The van der Waals surface area contributed by atoms with Crippen LogP contribution in [0.1, 0.15) is 38.5 Å². The number of hydrogen-bond donors (Lipinski definition) is 2. The summed E-state index contributed by atoms with van der Waals surface area (Å²) in [5, 5.41) is 20.0. The van der Waals surface area contributed by atoms with Crippen LogP contribution in [-0.2, 0) is 0 Å². The topological polar surface area (TPSA) is 40.5 Å². The SMILES string of the molecule is O[C@@H]1[C@@H](O)[C@H]2CCCC3CCC[C@@H]1C32. The minimum absolute atomic E-state index is 0.411. The van der Waals surface area contributed by atoms with Crippen molar-refractivity contribution in [2.45, 2.75) is 50.7 Å². The van der Waals surface area contributed by atoms with Gasteiger partial charge in [0.05, 0.1) is 12.2 Å². The molecule has 0 aromatic heterocycles. The zero-order valence-electron chi connectivity index (χ0n) is 8.60. The van der Waals surface area contributed by atoms with Crippen molar-refractivity contribution in [3.8, 4) is 0 Å². The molecule has 3 fully saturated rings. The van der Waals surface area contributed by atoms with Crippen molar-refractivity contribution in [1.29, 1.82) is 0 Å². The first-order valence-electron chi connectivity index (χ1n) is 6.15.